The van der Waals surface area contributed by atoms with Crippen molar-refractivity contribution in [2.75, 3.05) is 7.11 Å². The molecule has 0 radical (unpaired) electrons. The molecule has 4 aromatic rings. The lowest BCUT2D eigenvalue weighted by Crippen LogP contribution is -2.32. The van der Waals surface area contributed by atoms with Crippen LogP contribution in [0.2, 0.25) is 0 Å². The van der Waals surface area contributed by atoms with E-state index in [0.717, 1.165) is 0 Å². The van der Waals surface area contributed by atoms with Gasteiger partial charge < -0.3 is 19.8 Å². The summed E-state index contributed by atoms with van der Waals surface area (Å²) in [6, 6.07) is 11.8. The number of rotatable bonds is 3. The quantitative estimate of drug-likeness (QED) is 0.489. The number of para-hydroxylation sites is 1. The minimum Gasteiger partial charge on any atom is -0.507 e. The van der Waals surface area contributed by atoms with Crippen molar-refractivity contribution in [1.82, 2.24) is 14.6 Å². The number of H-pyrrole nitrogens is 2. The van der Waals surface area contributed by atoms with Crippen molar-refractivity contribution < 1.29 is 9.84 Å². The lowest BCUT2D eigenvalue weighted by atomic mass is 10.2. The van der Waals surface area contributed by atoms with Crippen LogP contribution in [0.5, 0.6) is 11.5 Å². The van der Waals surface area contributed by atoms with Gasteiger partial charge in [-0.05, 0) is 24.3 Å². The third-order valence-electron chi connectivity index (χ3n) is 4.09. The van der Waals surface area contributed by atoms with Gasteiger partial charge in [-0.3, -0.25) is 4.79 Å². The first-order valence-corrected chi connectivity index (χ1v) is 7.76. The van der Waals surface area contributed by atoms with Gasteiger partial charge in [0.15, 0.2) is 0 Å². The summed E-state index contributed by atoms with van der Waals surface area (Å²) in [5.41, 5.74) is 0.321. The number of fused-ring (bicyclic) bond motifs is 3. The molecule has 0 amide bonds. The highest BCUT2D eigenvalue weighted by Crippen LogP contribution is 2.29. The van der Waals surface area contributed by atoms with Crippen LogP contribution in [-0.2, 0) is 0 Å². The van der Waals surface area contributed by atoms with E-state index in [1.807, 2.05) is 0 Å². The maximum Gasteiger partial charge on any atom is 0.350 e. The summed E-state index contributed by atoms with van der Waals surface area (Å²) >= 11 is 0. The van der Waals surface area contributed by atoms with Gasteiger partial charge in [-0.1, -0.05) is 18.2 Å². The monoisotopic (exact) mass is 350 g/mol. The van der Waals surface area contributed by atoms with Gasteiger partial charge in [0.2, 0.25) is 0 Å². The summed E-state index contributed by atoms with van der Waals surface area (Å²) in [5, 5.41) is 14.3. The Hall–Kier alpha value is -3.81. The van der Waals surface area contributed by atoms with E-state index in [0.29, 0.717) is 32.4 Å². The summed E-state index contributed by atoms with van der Waals surface area (Å²) in [4.78, 5) is 30.8. The Balaban J connectivity index is 1.96. The number of nitrogens with one attached hydrogen (secondary N) is 2. The molecule has 0 aliphatic carbocycles. The number of phenols is 1. The number of nitrogens with zero attached hydrogens (tertiary/aromatic N) is 2. The fraction of sp³-hybridized carbons (Fsp3) is 0.0556. The molecule has 0 atom stereocenters. The van der Waals surface area contributed by atoms with Gasteiger partial charge in [0.25, 0.3) is 0 Å². The van der Waals surface area contributed by atoms with Crippen molar-refractivity contribution in [3.8, 4) is 11.5 Å². The molecule has 0 bridgehead atoms. The molecular weight excluding hydrogens is 336 g/mol. The molecule has 2 heterocycles. The van der Waals surface area contributed by atoms with Crippen molar-refractivity contribution in [3.05, 3.63) is 68.9 Å². The van der Waals surface area contributed by atoms with Crippen LogP contribution in [0, 0.1) is 0 Å². The highest BCUT2D eigenvalue weighted by Gasteiger charge is 2.15. The molecule has 8 nitrogen and oxygen atoms in total. The maximum atomic E-state index is 12.7. The molecule has 2 aromatic heterocycles. The zero-order valence-corrected chi connectivity index (χ0v) is 13.7. The fourth-order valence-electron chi connectivity index (χ4n) is 2.85. The van der Waals surface area contributed by atoms with Crippen LogP contribution in [0.4, 0.5) is 0 Å². The number of hydrogen-bond acceptors (Lipinski definition) is 5. The van der Waals surface area contributed by atoms with E-state index in [2.05, 4.69) is 15.1 Å². The minimum absolute atomic E-state index is 0.00264. The summed E-state index contributed by atoms with van der Waals surface area (Å²) < 4.78 is 6.02. The second-order valence-corrected chi connectivity index (χ2v) is 5.61. The highest BCUT2D eigenvalue weighted by molar-refractivity contribution is 6.07. The Morgan fingerprint density at radius 1 is 1.08 bits per heavy atom. The van der Waals surface area contributed by atoms with Crippen molar-refractivity contribution in [3.63, 3.8) is 0 Å². The van der Waals surface area contributed by atoms with E-state index in [1.54, 1.807) is 36.4 Å². The first-order valence-electron chi connectivity index (χ1n) is 7.76. The number of aromatic amines is 2. The Bertz CT molecular complexity index is 1280. The van der Waals surface area contributed by atoms with Crippen LogP contribution < -0.4 is 16.0 Å². The van der Waals surface area contributed by atoms with Gasteiger partial charge >= 0.3 is 11.2 Å². The lowest BCUT2D eigenvalue weighted by Gasteiger charge is -2.02. The second-order valence-electron chi connectivity index (χ2n) is 5.61. The summed E-state index contributed by atoms with van der Waals surface area (Å²) in [5.74, 6) is 0.538. The van der Waals surface area contributed by atoms with Gasteiger partial charge in [-0.2, -0.15) is 5.10 Å². The van der Waals surface area contributed by atoms with Crippen molar-refractivity contribution in [2.24, 2.45) is 5.10 Å². The molecule has 0 saturated carbocycles. The average Bonchev–Trinajstić information content (AvgIpc) is 3.02. The van der Waals surface area contributed by atoms with Crippen LogP contribution in [0.1, 0.15) is 5.56 Å². The topological polar surface area (TPSA) is 112 Å². The van der Waals surface area contributed by atoms with Crippen LogP contribution in [0.3, 0.4) is 0 Å². The van der Waals surface area contributed by atoms with Crippen LogP contribution in [-0.4, -0.2) is 33.1 Å². The van der Waals surface area contributed by atoms with E-state index in [4.69, 9.17) is 4.74 Å². The Morgan fingerprint density at radius 3 is 2.65 bits per heavy atom. The summed E-state index contributed by atoms with van der Waals surface area (Å²) in [7, 11) is 1.52. The van der Waals surface area contributed by atoms with Crippen LogP contribution in [0.25, 0.3) is 21.9 Å². The van der Waals surface area contributed by atoms with E-state index in [1.165, 1.54) is 19.4 Å². The number of methoxy groups -OCH3 is 1. The first-order chi connectivity index (χ1) is 12.6. The predicted molar refractivity (Wildman–Crippen MR) is 98.3 cm³/mol. The largest absolute Gasteiger partial charge is 0.507 e. The second kappa shape index (κ2) is 5.92. The molecule has 0 aliphatic rings. The van der Waals surface area contributed by atoms with E-state index in [9.17, 15) is 14.7 Å². The summed E-state index contributed by atoms with van der Waals surface area (Å²) in [6.45, 7) is 0. The number of aromatic hydroxyl groups is 1. The number of aromatic nitrogens is 3. The molecule has 0 saturated heterocycles. The molecule has 8 heteroatoms. The van der Waals surface area contributed by atoms with Crippen molar-refractivity contribution >= 4 is 28.2 Å². The molecule has 4 rings (SSSR count). The van der Waals surface area contributed by atoms with Gasteiger partial charge in [-0.25, -0.2) is 4.79 Å². The summed E-state index contributed by atoms with van der Waals surface area (Å²) in [6.07, 6.45) is 1.25. The number of benzene rings is 2. The third kappa shape index (κ3) is 2.35. The number of hydrogen-bond donors (Lipinski definition) is 3. The van der Waals surface area contributed by atoms with Gasteiger partial charge in [0.05, 0.1) is 29.7 Å². The standard InChI is InChI=1S/C18H14N4O4/c1-26-13-8-4-6-11-14(13)15-16(20-11)17(24)22(18(25)21-15)19-9-10-5-2-3-7-12(10)23/h2-9,20,23H,1H3,(H,21,25)/b19-9+. The molecule has 26 heavy (non-hydrogen) atoms. The van der Waals surface area contributed by atoms with Crippen LogP contribution in [0.15, 0.2) is 57.2 Å². The predicted octanol–water partition coefficient (Wildman–Crippen LogP) is 1.77. The van der Waals surface area contributed by atoms with Crippen LogP contribution >= 0.6 is 0 Å². The van der Waals surface area contributed by atoms with Gasteiger partial charge in [0, 0.05) is 5.56 Å². The zero-order valence-electron chi connectivity index (χ0n) is 13.7. The Labute approximate surface area is 146 Å². The fourth-order valence-corrected chi connectivity index (χ4v) is 2.85. The van der Waals surface area contributed by atoms with Crippen molar-refractivity contribution in [2.45, 2.75) is 0 Å². The van der Waals surface area contributed by atoms with E-state index in [-0.39, 0.29) is 11.3 Å². The number of phenolic OH excluding ortho intramolecular Hbond substituents is 1. The van der Waals surface area contributed by atoms with Crippen molar-refractivity contribution in [1.29, 1.82) is 0 Å². The molecule has 3 N–H and O–H groups in total. The molecule has 0 spiro atoms. The smallest absolute Gasteiger partial charge is 0.350 e. The molecule has 130 valence electrons. The maximum absolute atomic E-state index is 12.7. The Kier molecular flexibility index (Phi) is 3.58. The molecule has 2 aromatic carbocycles. The highest BCUT2D eigenvalue weighted by atomic mass is 16.5. The van der Waals surface area contributed by atoms with E-state index < -0.39 is 11.2 Å². The third-order valence-corrected chi connectivity index (χ3v) is 4.09. The first kappa shape index (κ1) is 15.7. The Morgan fingerprint density at radius 2 is 1.88 bits per heavy atom. The molecule has 0 unspecified atom stereocenters. The zero-order chi connectivity index (χ0) is 18.3. The molecule has 0 fully saturated rings. The van der Waals surface area contributed by atoms with Gasteiger partial charge in [-0.15, -0.1) is 4.68 Å². The van der Waals surface area contributed by atoms with E-state index >= 15 is 0 Å². The lowest BCUT2D eigenvalue weighted by molar-refractivity contribution is 0.420. The molecular formula is C18H14N4O4. The SMILES string of the molecule is COc1cccc2[nH]c3c(=O)n(/N=C/c4ccccc4O)c(=O)[nH]c3c12. The molecule has 0 aliphatic heterocycles. The number of ether oxygens (including phenoxy) is 1. The minimum atomic E-state index is -0.694. The van der Waals surface area contributed by atoms with Gasteiger partial charge in [0.1, 0.15) is 17.0 Å². The normalized spacial score (nSPS) is 11.6. The average molecular weight is 350 g/mol.